The van der Waals surface area contributed by atoms with Crippen LogP contribution in [0.15, 0.2) is 60.7 Å². The van der Waals surface area contributed by atoms with Crippen LogP contribution in [0.3, 0.4) is 0 Å². The highest BCUT2D eigenvalue weighted by atomic mass is 19.4. The van der Waals surface area contributed by atoms with Crippen molar-refractivity contribution in [1.29, 1.82) is 0 Å². The van der Waals surface area contributed by atoms with Gasteiger partial charge in [0.25, 0.3) is 5.91 Å². The molecule has 1 amide bonds. The number of nitrogens with two attached hydrogens (primary N) is 1. The van der Waals surface area contributed by atoms with Gasteiger partial charge in [-0.3, -0.25) is 4.79 Å². The van der Waals surface area contributed by atoms with Gasteiger partial charge in [-0.1, -0.05) is 18.2 Å². The number of hydrogen-bond acceptors (Lipinski definition) is 4. The lowest BCUT2D eigenvalue weighted by Gasteiger charge is -2.30. The molecule has 154 valence electrons. The molecule has 2 aromatic carbocycles. The number of anilines is 3. The molecule has 0 saturated heterocycles. The number of amides is 1. The molecule has 1 aromatic heterocycles. The summed E-state index contributed by atoms with van der Waals surface area (Å²) < 4.78 is 38.3. The third-order valence-electron chi connectivity index (χ3n) is 5.03. The van der Waals surface area contributed by atoms with E-state index >= 15 is 0 Å². The molecule has 0 fully saturated rings. The molecule has 8 heteroatoms. The maximum Gasteiger partial charge on any atom is 0.416 e. The Hall–Kier alpha value is -3.55. The second-order valence-electron chi connectivity index (χ2n) is 7.07. The SMILES string of the molecule is Nc1cccc(C(=O)N2CCc3c(cccc3Nc3ccc(C(F)(F)F)cc3)C2)n1. The van der Waals surface area contributed by atoms with Gasteiger partial charge in [0.05, 0.1) is 5.56 Å². The minimum atomic E-state index is -4.36. The van der Waals surface area contributed by atoms with E-state index in [0.717, 1.165) is 28.9 Å². The van der Waals surface area contributed by atoms with Gasteiger partial charge in [-0.05, 0) is 60.0 Å². The van der Waals surface area contributed by atoms with E-state index in [1.165, 1.54) is 12.1 Å². The molecule has 0 aliphatic carbocycles. The van der Waals surface area contributed by atoms with E-state index in [4.69, 9.17) is 5.73 Å². The smallest absolute Gasteiger partial charge is 0.384 e. The maximum atomic E-state index is 12.8. The highest BCUT2D eigenvalue weighted by Crippen LogP contribution is 2.32. The predicted molar refractivity (Wildman–Crippen MR) is 108 cm³/mol. The molecule has 0 radical (unpaired) electrons. The van der Waals surface area contributed by atoms with Gasteiger partial charge in [-0.2, -0.15) is 13.2 Å². The Labute approximate surface area is 171 Å². The van der Waals surface area contributed by atoms with Crippen LogP contribution in [-0.4, -0.2) is 22.3 Å². The lowest BCUT2D eigenvalue weighted by molar-refractivity contribution is -0.137. The van der Waals surface area contributed by atoms with E-state index in [1.807, 2.05) is 18.2 Å². The van der Waals surface area contributed by atoms with E-state index < -0.39 is 11.7 Å². The number of nitrogens with zero attached hydrogens (tertiary/aromatic N) is 2. The Bertz CT molecular complexity index is 1080. The first-order chi connectivity index (χ1) is 14.3. The molecule has 0 saturated carbocycles. The van der Waals surface area contributed by atoms with Crippen LogP contribution in [-0.2, 0) is 19.1 Å². The molecule has 4 rings (SSSR count). The van der Waals surface area contributed by atoms with Gasteiger partial charge in [0.15, 0.2) is 0 Å². The Morgan fingerprint density at radius 3 is 2.47 bits per heavy atom. The fraction of sp³-hybridized carbons (Fsp3) is 0.182. The number of nitrogen functional groups attached to an aromatic ring is 1. The lowest BCUT2D eigenvalue weighted by Crippen LogP contribution is -2.36. The van der Waals surface area contributed by atoms with E-state index in [0.29, 0.717) is 36.7 Å². The summed E-state index contributed by atoms with van der Waals surface area (Å²) in [4.78, 5) is 18.6. The summed E-state index contributed by atoms with van der Waals surface area (Å²) >= 11 is 0. The normalized spacial score (nSPS) is 13.6. The molecule has 5 nitrogen and oxygen atoms in total. The van der Waals surface area contributed by atoms with Gasteiger partial charge in [0, 0.05) is 24.5 Å². The number of nitrogens with one attached hydrogen (secondary N) is 1. The summed E-state index contributed by atoms with van der Waals surface area (Å²) in [5.41, 5.74) is 8.71. The number of fused-ring (bicyclic) bond motifs is 1. The monoisotopic (exact) mass is 412 g/mol. The van der Waals surface area contributed by atoms with Crippen molar-refractivity contribution in [2.75, 3.05) is 17.6 Å². The summed E-state index contributed by atoms with van der Waals surface area (Å²) in [6, 6.07) is 15.6. The quantitative estimate of drug-likeness (QED) is 0.658. The zero-order valence-corrected chi connectivity index (χ0v) is 15.9. The molecule has 0 bridgehead atoms. The molecule has 30 heavy (non-hydrogen) atoms. The highest BCUT2D eigenvalue weighted by Gasteiger charge is 2.30. The fourth-order valence-electron chi connectivity index (χ4n) is 3.53. The van der Waals surface area contributed by atoms with Crippen LogP contribution in [0.25, 0.3) is 0 Å². The second-order valence-corrected chi connectivity index (χ2v) is 7.07. The van der Waals surface area contributed by atoms with Crippen molar-refractivity contribution in [2.24, 2.45) is 0 Å². The summed E-state index contributed by atoms with van der Waals surface area (Å²) in [6.07, 6.45) is -3.74. The molecule has 2 heterocycles. The van der Waals surface area contributed by atoms with Crippen LogP contribution in [0.5, 0.6) is 0 Å². The number of benzene rings is 2. The predicted octanol–water partition coefficient (Wildman–Crippen LogP) is 4.62. The first kappa shape index (κ1) is 19.8. The second kappa shape index (κ2) is 7.70. The van der Waals surface area contributed by atoms with Crippen molar-refractivity contribution in [3.8, 4) is 0 Å². The van der Waals surface area contributed by atoms with Gasteiger partial charge in [-0.15, -0.1) is 0 Å². The minimum Gasteiger partial charge on any atom is -0.384 e. The first-order valence-electron chi connectivity index (χ1n) is 9.38. The number of aromatic nitrogens is 1. The number of carbonyl (C=O) groups excluding carboxylic acids is 1. The highest BCUT2D eigenvalue weighted by molar-refractivity contribution is 5.92. The number of pyridine rings is 1. The molecule has 3 aromatic rings. The van der Waals surface area contributed by atoms with E-state index in [9.17, 15) is 18.0 Å². The average Bonchev–Trinajstić information content (AvgIpc) is 2.73. The van der Waals surface area contributed by atoms with Gasteiger partial charge >= 0.3 is 6.18 Å². The summed E-state index contributed by atoms with van der Waals surface area (Å²) in [7, 11) is 0. The molecule has 1 aliphatic heterocycles. The minimum absolute atomic E-state index is 0.186. The van der Waals surface area contributed by atoms with Gasteiger partial charge in [0.1, 0.15) is 11.5 Å². The Morgan fingerprint density at radius 2 is 1.77 bits per heavy atom. The van der Waals surface area contributed by atoms with Crippen molar-refractivity contribution in [1.82, 2.24) is 9.88 Å². The van der Waals surface area contributed by atoms with Crippen LogP contribution >= 0.6 is 0 Å². The molecular formula is C22H19F3N4O. The van der Waals surface area contributed by atoms with Crippen molar-refractivity contribution < 1.29 is 18.0 Å². The van der Waals surface area contributed by atoms with Gasteiger partial charge < -0.3 is 16.0 Å². The molecule has 0 atom stereocenters. The van der Waals surface area contributed by atoms with Crippen molar-refractivity contribution in [3.63, 3.8) is 0 Å². The van der Waals surface area contributed by atoms with Crippen LogP contribution in [0, 0.1) is 0 Å². The van der Waals surface area contributed by atoms with Crippen molar-refractivity contribution in [2.45, 2.75) is 19.1 Å². The molecule has 0 spiro atoms. The first-order valence-corrected chi connectivity index (χ1v) is 9.38. The average molecular weight is 412 g/mol. The van der Waals surface area contributed by atoms with E-state index in [-0.39, 0.29) is 5.91 Å². The molecule has 1 aliphatic rings. The Morgan fingerprint density at radius 1 is 1.03 bits per heavy atom. The van der Waals surface area contributed by atoms with Crippen LogP contribution in [0.1, 0.15) is 27.2 Å². The van der Waals surface area contributed by atoms with Crippen LogP contribution in [0.4, 0.5) is 30.4 Å². The third kappa shape index (κ3) is 4.07. The number of alkyl halides is 3. The van der Waals surface area contributed by atoms with Crippen LogP contribution < -0.4 is 11.1 Å². The standard InChI is InChI=1S/C22H19F3N4O/c23-22(24,25)15-7-9-16(10-8-15)27-18-4-1-3-14-13-29(12-11-17(14)18)21(30)19-5-2-6-20(26)28-19/h1-10,27H,11-13H2,(H2,26,28). The summed E-state index contributed by atoms with van der Waals surface area (Å²) in [5, 5.41) is 3.19. The molecular weight excluding hydrogens is 393 g/mol. The Kier molecular flexibility index (Phi) is 5.07. The number of hydrogen-bond donors (Lipinski definition) is 2. The fourth-order valence-corrected chi connectivity index (χ4v) is 3.53. The van der Waals surface area contributed by atoms with Crippen molar-refractivity contribution >= 4 is 23.1 Å². The summed E-state index contributed by atoms with van der Waals surface area (Å²) in [6.45, 7) is 0.932. The summed E-state index contributed by atoms with van der Waals surface area (Å²) in [5.74, 6) is 0.107. The van der Waals surface area contributed by atoms with Crippen molar-refractivity contribution in [3.05, 3.63) is 83.0 Å². The zero-order chi connectivity index (χ0) is 21.3. The van der Waals surface area contributed by atoms with Crippen LogP contribution in [0.2, 0.25) is 0 Å². The van der Waals surface area contributed by atoms with Gasteiger partial charge in [-0.25, -0.2) is 4.98 Å². The zero-order valence-electron chi connectivity index (χ0n) is 15.9. The lowest BCUT2D eigenvalue weighted by atomic mass is 9.97. The van der Waals surface area contributed by atoms with E-state index in [1.54, 1.807) is 23.1 Å². The Balaban J connectivity index is 1.52. The number of rotatable bonds is 3. The van der Waals surface area contributed by atoms with Gasteiger partial charge in [0.2, 0.25) is 0 Å². The molecule has 0 unspecified atom stereocenters. The largest absolute Gasteiger partial charge is 0.416 e. The third-order valence-corrected chi connectivity index (χ3v) is 5.03. The number of carbonyl (C=O) groups is 1. The molecule has 3 N–H and O–H groups in total. The maximum absolute atomic E-state index is 12.8. The van der Waals surface area contributed by atoms with E-state index in [2.05, 4.69) is 10.3 Å². The topological polar surface area (TPSA) is 71.2 Å². The number of halogens is 3.